The zero-order valence-electron chi connectivity index (χ0n) is 9.68. The summed E-state index contributed by atoms with van der Waals surface area (Å²) >= 11 is 0. The van der Waals surface area contributed by atoms with Crippen LogP contribution in [0.5, 0.6) is 5.75 Å². The Bertz CT molecular complexity index is 542. The first-order chi connectivity index (χ1) is 8.63. The molecule has 0 fully saturated rings. The number of hydrogen-bond donors (Lipinski definition) is 1. The minimum Gasteiger partial charge on any atom is -0.433 e. The summed E-state index contributed by atoms with van der Waals surface area (Å²) in [4.78, 5) is 0. The van der Waals surface area contributed by atoms with Gasteiger partial charge in [-0.3, -0.25) is 0 Å². The molecule has 0 aliphatic rings. The third kappa shape index (κ3) is 2.24. The molecular formula is C11H12F2N4O. The van der Waals surface area contributed by atoms with E-state index < -0.39 is 6.61 Å². The average Bonchev–Trinajstić information content (AvgIpc) is 2.70. The molecule has 18 heavy (non-hydrogen) atoms. The van der Waals surface area contributed by atoms with Gasteiger partial charge in [0.15, 0.2) is 11.6 Å². The summed E-state index contributed by atoms with van der Waals surface area (Å²) in [6, 6.07) is 6.36. The third-order valence-electron chi connectivity index (χ3n) is 2.44. The summed E-state index contributed by atoms with van der Waals surface area (Å²) in [6.07, 6.45) is 0.585. The van der Waals surface area contributed by atoms with Crippen LogP contribution in [0, 0.1) is 0 Å². The van der Waals surface area contributed by atoms with Gasteiger partial charge in [0.05, 0.1) is 5.69 Å². The lowest BCUT2D eigenvalue weighted by molar-refractivity contribution is -0.0499. The molecule has 0 atom stereocenters. The van der Waals surface area contributed by atoms with Gasteiger partial charge in [-0.05, 0) is 18.6 Å². The van der Waals surface area contributed by atoms with Crippen molar-refractivity contribution in [1.82, 2.24) is 15.0 Å². The number of nitrogens with zero attached hydrogens (tertiary/aromatic N) is 3. The molecule has 1 heterocycles. The van der Waals surface area contributed by atoms with Crippen molar-refractivity contribution in [2.45, 2.75) is 20.0 Å². The molecule has 0 aliphatic heterocycles. The van der Waals surface area contributed by atoms with Crippen LogP contribution in [0.2, 0.25) is 0 Å². The molecule has 1 aromatic carbocycles. The van der Waals surface area contributed by atoms with Crippen LogP contribution in [0.4, 0.5) is 14.6 Å². The van der Waals surface area contributed by atoms with Crippen molar-refractivity contribution in [3.8, 4) is 11.4 Å². The number of nitrogens with two attached hydrogens (primary N) is 1. The maximum atomic E-state index is 12.3. The van der Waals surface area contributed by atoms with Crippen LogP contribution < -0.4 is 10.5 Å². The van der Waals surface area contributed by atoms with E-state index in [9.17, 15) is 8.78 Å². The van der Waals surface area contributed by atoms with Crippen molar-refractivity contribution in [3.63, 3.8) is 0 Å². The number of benzene rings is 1. The average molecular weight is 254 g/mol. The first-order valence-corrected chi connectivity index (χ1v) is 5.37. The number of anilines is 1. The van der Waals surface area contributed by atoms with Crippen LogP contribution in [-0.4, -0.2) is 21.6 Å². The zero-order chi connectivity index (χ0) is 13.1. The van der Waals surface area contributed by atoms with E-state index in [1.807, 2.05) is 6.92 Å². The molecule has 0 amide bonds. The fraction of sp³-hybridized carbons (Fsp3) is 0.273. The second-order valence-electron chi connectivity index (χ2n) is 3.53. The van der Waals surface area contributed by atoms with E-state index in [1.165, 1.54) is 10.7 Å². The van der Waals surface area contributed by atoms with Crippen molar-refractivity contribution in [2.24, 2.45) is 0 Å². The number of para-hydroxylation sites is 2. The van der Waals surface area contributed by atoms with Gasteiger partial charge in [0.25, 0.3) is 0 Å². The van der Waals surface area contributed by atoms with E-state index >= 15 is 0 Å². The maximum absolute atomic E-state index is 12.3. The van der Waals surface area contributed by atoms with Crippen molar-refractivity contribution in [2.75, 3.05) is 5.73 Å². The smallest absolute Gasteiger partial charge is 0.387 e. The van der Waals surface area contributed by atoms with Crippen LogP contribution >= 0.6 is 0 Å². The van der Waals surface area contributed by atoms with Crippen LogP contribution in [0.25, 0.3) is 5.69 Å². The van der Waals surface area contributed by atoms with Crippen LogP contribution in [-0.2, 0) is 6.42 Å². The molecule has 0 aliphatic carbocycles. The Labute approximate surface area is 102 Å². The molecule has 7 heteroatoms. The van der Waals surface area contributed by atoms with Gasteiger partial charge in [-0.15, -0.1) is 5.10 Å². The monoisotopic (exact) mass is 254 g/mol. The Morgan fingerprint density at radius 2 is 2.11 bits per heavy atom. The lowest BCUT2D eigenvalue weighted by Gasteiger charge is -2.11. The number of ether oxygens (including phenoxy) is 1. The van der Waals surface area contributed by atoms with Crippen molar-refractivity contribution >= 4 is 5.82 Å². The van der Waals surface area contributed by atoms with Crippen molar-refractivity contribution < 1.29 is 13.5 Å². The van der Waals surface area contributed by atoms with E-state index in [2.05, 4.69) is 15.0 Å². The summed E-state index contributed by atoms with van der Waals surface area (Å²) in [5.74, 6) is 0.316. The van der Waals surface area contributed by atoms with Gasteiger partial charge >= 0.3 is 6.61 Å². The lowest BCUT2D eigenvalue weighted by Crippen LogP contribution is -2.08. The number of aromatic nitrogens is 3. The Morgan fingerprint density at radius 1 is 1.39 bits per heavy atom. The fourth-order valence-electron chi connectivity index (χ4n) is 1.67. The number of nitrogen functional groups attached to an aromatic ring is 1. The number of alkyl halides is 2. The fourth-order valence-corrected chi connectivity index (χ4v) is 1.67. The summed E-state index contributed by atoms with van der Waals surface area (Å²) < 4.78 is 30.5. The molecule has 5 nitrogen and oxygen atoms in total. The first-order valence-electron chi connectivity index (χ1n) is 5.37. The third-order valence-corrected chi connectivity index (χ3v) is 2.44. The molecule has 0 radical (unpaired) electrons. The quantitative estimate of drug-likeness (QED) is 0.906. The van der Waals surface area contributed by atoms with Gasteiger partial charge < -0.3 is 10.5 Å². The molecule has 0 unspecified atom stereocenters. The van der Waals surface area contributed by atoms with Crippen LogP contribution in [0.15, 0.2) is 24.3 Å². The Balaban J connectivity index is 2.49. The van der Waals surface area contributed by atoms with E-state index in [-0.39, 0.29) is 11.6 Å². The Morgan fingerprint density at radius 3 is 2.78 bits per heavy atom. The van der Waals surface area contributed by atoms with Gasteiger partial charge in [0.1, 0.15) is 5.69 Å². The molecular weight excluding hydrogens is 242 g/mol. The topological polar surface area (TPSA) is 66.0 Å². The highest BCUT2D eigenvalue weighted by Crippen LogP contribution is 2.26. The number of rotatable bonds is 4. The van der Waals surface area contributed by atoms with E-state index in [0.717, 1.165) is 0 Å². The highest BCUT2D eigenvalue weighted by atomic mass is 19.3. The van der Waals surface area contributed by atoms with E-state index in [0.29, 0.717) is 17.8 Å². The van der Waals surface area contributed by atoms with E-state index in [1.54, 1.807) is 18.2 Å². The molecule has 1 aromatic heterocycles. The number of halogens is 2. The van der Waals surface area contributed by atoms with Gasteiger partial charge in [-0.2, -0.15) is 8.78 Å². The second kappa shape index (κ2) is 4.99. The molecule has 0 bridgehead atoms. The normalized spacial score (nSPS) is 10.9. The SMILES string of the molecule is CCc1c(N)nnn1-c1ccccc1OC(F)F. The summed E-state index contributed by atoms with van der Waals surface area (Å²) in [6.45, 7) is -1.01. The van der Waals surface area contributed by atoms with E-state index in [4.69, 9.17) is 5.73 Å². The molecule has 0 spiro atoms. The second-order valence-corrected chi connectivity index (χ2v) is 3.53. The first kappa shape index (κ1) is 12.3. The Kier molecular flexibility index (Phi) is 3.40. The minimum atomic E-state index is -2.89. The zero-order valence-corrected chi connectivity index (χ0v) is 9.68. The number of hydrogen-bond acceptors (Lipinski definition) is 4. The van der Waals surface area contributed by atoms with Gasteiger partial charge in [0.2, 0.25) is 0 Å². The standard InChI is InChI=1S/C11H12F2N4O/c1-2-7-10(14)15-16-17(7)8-5-3-4-6-9(8)18-11(12)13/h3-6,11H,2,14H2,1H3. The Hall–Kier alpha value is -2.18. The molecule has 2 aromatic rings. The predicted octanol–water partition coefficient (Wildman–Crippen LogP) is 2.01. The maximum Gasteiger partial charge on any atom is 0.387 e. The molecule has 0 saturated carbocycles. The molecule has 2 rings (SSSR count). The minimum absolute atomic E-state index is 0.0344. The van der Waals surface area contributed by atoms with Crippen molar-refractivity contribution in [1.29, 1.82) is 0 Å². The predicted molar refractivity (Wildman–Crippen MR) is 61.8 cm³/mol. The van der Waals surface area contributed by atoms with Crippen LogP contribution in [0.3, 0.4) is 0 Å². The van der Waals surface area contributed by atoms with Crippen molar-refractivity contribution in [3.05, 3.63) is 30.0 Å². The molecule has 2 N–H and O–H groups in total. The van der Waals surface area contributed by atoms with Crippen LogP contribution in [0.1, 0.15) is 12.6 Å². The largest absolute Gasteiger partial charge is 0.433 e. The highest BCUT2D eigenvalue weighted by molar-refractivity contribution is 5.49. The summed E-state index contributed by atoms with van der Waals surface area (Å²) in [5, 5.41) is 7.57. The lowest BCUT2D eigenvalue weighted by atomic mass is 10.2. The summed E-state index contributed by atoms with van der Waals surface area (Å²) in [5.41, 5.74) is 6.70. The molecule has 0 saturated heterocycles. The summed E-state index contributed by atoms with van der Waals surface area (Å²) in [7, 11) is 0. The molecule has 96 valence electrons. The van der Waals surface area contributed by atoms with Gasteiger partial charge in [-0.1, -0.05) is 24.3 Å². The van der Waals surface area contributed by atoms with Gasteiger partial charge in [0, 0.05) is 0 Å². The highest BCUT2D eigenvalue weighted by Gasteiger charge is 2.15. The van der Waals surface area contributed by atoms with Gasteiger partial charge in [-0.25, -0.2) is 4.68 Å².